The normalized spacial score (nSPS) is 13.8. The molecule has 18 heavy (non-hydrogen) atoms. The maximum atomic E-state index is 9.50. The van der Waals surface area contributed by atoms with Crippen molar-refractivity contribution in [3.8, 4) is 6.07 Å². The maximum absolute atomic E-state index is 9.50. The number of hydrogen-bond donors (Lipinski definition) is 1. The van der Waals surface area contributed by atoms with E-state index in [0.29, 0.717) is 5.75 Å². The van der Waals surface area contributed by atoms with Gasteiger partial charge in [-0.2, -0.15) is 9.64 Å². The first-order chi connectivity index (χ1) is 8.80. The van der Waals surface area contributed by atoms with Crippen LogP contribution in [0.3, 0.4) is 0 Å². The third-order valence-corrected chi connectivity index (χ3v) is 4.61. The van der Waals surface area contributed by atoms with Gasteiger partial charge in [-0.3, -0.25) is 5.32 Å². The van der Waals surface area contributed by atoms with Crippen LogP contribution in [0.4, 0.5) is 0 Å². The van der Waals surface area contributed by atoms with E-state index in [1.165, 1.54) is 29.6 Å². The average molecular weight is 276 g/mol. The quantitative estimate of drug-likeness (QED) is 0.849. The van der Waals surface area contributed by atoms with E-state index in [0.717, 1.165) is 9.90 Å². The van der Waals surface area contributed by atoms with Crippen LogP contribution in [0.2, 0.25) is 0 Å². The summed E-state index contributed by atoms with van der Waals surface area (Å²) in [5.41, 5.74) is 0.268. The lowest BCUT2D eigenvalue weighted by molar-refractivity contribution is 0.528. The van der Waals surface area contributed by atoms with Crippen molar-refractivity contribution in [2.75, 3.05) is 12.8 Å². The van der Waals surface area contributed by atoms with Gasteiger partial charge in [0.2, 0.25) is 0 Å². The van der Waals surface area contributed by atoms with Crippen LogP contribution in [0.25, 0.3) is 0 Å². The molecule has 0 saturated carbocycles. The summed E-state index contributed by atoms with van der Waals surface area (Å²) in [5.74, 6) is 0.596. The fraction of sp³-hybridized carbons (Fsp3) is 0.250. The van der Waals surface area contributed by atoms with Gasteiger partial charge in [0.25, 0.3) is 0 Å². The largest absolute Gasteiger partial charge is 0.298 e. The van der Waals surface area contributed by atoms with Gasteiger partial charge in [-0.25, -0.2) is 4.98 Å². The molecule has 0 aliphatic heterocycles. The Balaban J connectivity index is 2.20. The van der Waals surface area contributed by atoms with Crippen molar-refractivity contribution >= 4 is 23.3 Å². The van der Waals surface area contributed by atoms with Gasteiger partial charge in [0, 0.05) is 5.75 Å². The monoisotopic (exact) mass is 276 g/mol. The summed E-state index contributed by atoms with van der Waals surface area (Å²) in [5, 5.41) is 12.6. The first-order valence-electron chi connectivity index (χ1n) is 5.36. The molecule has 1 heterocycles. The van der Waals surface area contributed by atoms with Crippen molar-refractivity contribution in [1.29, 1.82) is 5.26 Å². The molecule has 1 N–H and O–H groups in total. The van der Waals surface area contributed by atoms with Crippen LogP contribution in [-0.2, 0) is 5.54 Å². The molecule has 0 amide bonds. The second-order valence-electron chi connectivity index (χ2n) is 3.63. The highest BCUT2D eigenvalue weighted by atomic mass is 32.2. The van der Waals surface area contributed by atoms with E-state index >= 15 is 0 Å². The van der Waals surface area contributed by atoms with E-state index in [-0.39, 0.29) is 0 Å². The van der Waals surface area contributed by atoms with Crippen LogP contribution in [-0.4, -0.2) is 22.2 Å². The van der Waals surface area contributed by atoms with E-state index in [1.807, 2.05) is 30.3 Å². The van der Waals surface area contributed by atoms with Crippen molar-refractivity contribution in [3.63, 3.8) is 0 Å². The predicted octanol–water partition coefficient (Wildman–Crippen LogP) is 2.27. The lowest BCUT2D eigenvalue weighted by atomic mass is 9.94. The van der Waals surface area contributed by atoms with Crippen LogP contribution < -0.4 is 5.32 Å². The minimum atomic E-state index is -0.697. The van der Waals surface area contributed by atoms with Gasteiger partial charge in [0.1, 0.15) is 11.9 Å². The molecule has 0 saturated heterocycles. The Labute approximate surface area is 114 Å². The molecule has 1 aromatic heterocycles. The van der Waals surface area contributed by atoms with Crippen LogP contribution in [0.5, 0.6) is 0 Å². The summed E-state index contributed by atoms with van der Waals surface area (Å²) in [7, 11) is 1.80. The van der Waals surface area contributed by atoms with Gasteiger partial charge in [-0.1, -0.05) is 42.1 Å². The molecule has 0 aliphatic carbocycles. The summed E-state index contributed by atoms with van der Waals surface area (Å²) in [6.45, 7) is 0. The first-order valence-corrected chi connectivity index (χ1v) is 7.12. The maximum Gasteiger partial charge on any atom is 0.169 e. The number of thioether (sulfide) groups is 1. The highest BCUT2D eigenvalue weighted by Gasteiger charge is 2.30. The van der Waals surface area contributed by atoms with Gasteiger partial charge in [-0.15, -0.1) is 0 Å². The Morgan fingerprint density at radius 2 is 2.22 bits per heavy atom. The highest BCUT2D eigenvalue weighted by Crippen LogP contribution is 2.29. The molecular formula is C12H12N4S2. The molecule has 4 nitrogen and oxygen atoms in total. The van der Waals surface area contributed by atoms with Crippen molar-refractivity contribution in [3.05, 3.63) is 42.2 Å². The van der Waals surface area contributed by atoms with E-state index in [2.05, 4.69) is 20.7 Å². The Morgan fingerprint density at radius 1 is 1.44 bits per heavy atom. The zero-order chi connectivity index (χ0) is 12.8. The predicted molar refractivity (Wildman–Crippen MR) is 73.4 cm³/mol. The standard InChI is InChI=1S/C12H12N4S2/c1-14-12(7-13,10-5-3-2-4-6-10)8-17-11-15-9-16-18-11/h2-6,9,14H,8H2,1H3. The first kappa shape index (κ1) is 13.0. The molecular weight excluding hydrogens is 264 g/mol. The van der Waals surface area contributed by atoms with E-state index in [1.54, 1.807) is 7.05 Å². The summed E-state index contributed by atoms with van der Waals surface area (Å²) in [6, 6.07) is 12.1. The van der Waals surface area contributed by atoms with E-state index < -0.39 is 5.54 Å². The van der Waals surface area contributed by atoms with Gasteiger partial charge in [0.15, 0.2) is 4.34 Å². The second-order valence-corrected chi connectivity index (χ2v) is 5.63. The summed E-state index contributed by atoms with van der Waals surface area (Å²) in [6.07, 6.45) is 1.53. The molecule has 6 heteroatoms. The molecule has 0 bridgehead atoms. The van der Waals surface area contributed by atoms with Gasteiger partial charge in [0.05, 0.1) is 6.07 Å². The lowest BCUT2D eigenvalue weighted by Crippen LogP contribution is -2.41. The molecule has 1 atom stereocenters. The van der Waals surface area contributed by atoms with Crippen molar-refractivity contribution in [1.82, 2.24) is 14.7 Å². The van der Waals surface area contributed by atoms with Gasteiger partial charge in [-0.05, 0) is 24.1 Å². The second kappa shape index (κ2) is 5.96. The molecule has 0 spiro atoms. The SMILES string of the molecule is CNC(C#N)(CSc1ncns1)c1ccccc1. The number of aromatic nitrogens is 2. The third-order valence-electron chi connectivity index (χ3n) is 2.64. The molecule has 0 aliphatic rings. The van der Waals surface area contributed by atoms with Crippen molar-refractivity contribution in [2.45, 2.75) is 9.88 Å². The fourth-order valence-electron chi connectivity index (χ4n) is 1.57. The molecule has 1 aromatic carbocycles. The minimum absolute atomic E-state index is 0.596. The molecule has 0 fully saturated rings. The molecule has 0 radical (unpaired) electrons. The summed E-state index contributed by atoms with van der Waals surface area (Å²) in [4.78, 5) is 4.11. The van der Waals surface area contributed by atoms with Crippen LogP contribution in [0.15, 0.2) is 41.0 Å². The minimum Gasteiger partial charge on any atom is -0.298 e. The topological polar surface area (TPSA) is 61.6 Å². The highest BCUT2D eigenvalue weighted by molar-refractivity contribution is 8.01. The molecule has 2 rings (SSSR count). The summed E-state index contributed by atoms with van der Waals surface area (Å²) < 4.78 is 4.83. The third kappa shape index (κ3) is 2.70. The molecule has 2 aromatic rings. The Morgan fingerprint density at radius 3 is 2.78 bits per heavy atom. The number of benzene rings is 1. The van der Waals surface area contributed by atoms with Crippen LogP contribution >= 0.6 is 23.3 Å². The number of rotatable bonds is 5. The average Bonchev–Trinajstić information content (AvgIpc) is 2.95. The summed E-state index contributed by atoms with van der Waals surface area (Å²) >= 11 is 2.88. The zero-order valence-corrected chi connectivity index (χ0v) is 11.5. The number of nitriles is 1. The number of hydrogen-bond acceptors (Lipinski definition) is 6. The Hall–Kier alpha value is -1.42. The van der Waals surface area contributed by atoms with Crippen molar-refractivity contribution < 1.29 is 0 Å². The van der Waals surface area contributed by atoms with E-state index in [4.69, 9.17) is 0 Å². The smallest absolute Gasteiger partial charge is 0.169 e. The van der Waals surface area contributed by atoms with Gasteiger partial charge < -0.3 is 0 Å². The number of nitrogens with zero attached hydrogens (tertiary/aromatic N) is 3. The fourth-order valence-corrected chi connectivity index (χ4v) is 3.20. The van der Waals surface area contributed by atoms with Crippen LogP contribution in [0, 0.1) is 11.3 Å². The van der Waals surface area contributed by atoms with Crippen LogP contribution in [0.1, 0.15) is 5.56 Å². The molecule has 92 valence electrons. The number of nitrogens with one attached hydrogen (secondary N) is 1. The van der Waals surface area contributed by atoms with Gasteiger partial charge >= 0.3 is 0 Å². The Kier molecular flexibility index (Phi) is 4.31. The zero-order valence-electron chi connectivity index (χ0n) is 9.83. The lowest BCUT2D eigenvalue weighted by Gasteiger charge is -2.25. The van der Waals surface area contributed by atoms with Crippen molar-refractivity contribution in [2.24, 2.45) is 0 Å². The Bertz CT molecular complexity index is 521. The van der Waals surface area contributed by atoms with E-state index in [9.17, 15) is 5.26 Å². The molecule has 1 unspecified atom stereocenters.